The molecule has 1 fully saturated rings. The predicted molar refractivity (Wildman–Crippen MR) is 101 cm³/mol. The van der Waals surface area contributed by atoms with Crippen molar-refractivity contribution in [1.82, 2.24) is 14.9 Å². The summed E-state index contributed by atoms with van der Waals surface area (Å²) >= 11 is 0. The molecule has 1 saturated carbocycles. The van der Waals surface area contributed by atoms with Gasteiger partial charge in [-0.05, 0) is 30.4 Å². The van der Waals surface area contributed by atoms with Crippen LogP contribution in [0.15, 0.2) is 30.5 Å². The monoisotopic (exact) mass is 335 g/mol. The van der Waals surface area contributed by atoms with E-state index in [-0.39, 0.29) is 0 Å². The lowest BCUT2D eigenvalue weighted by Gasteiger charge is -2.29. The second-order valence-corrected chi connectivity index (χ2v) is 7.62. The molecule has 0 radical (unpaired) electrons. The van der Waals surface area contributed by atoms with Crippen LogP contribution in [0, 0.1) is 0 Å². The van der Waals surface area contributed by atoms with Crippen molar-refractivity contribution < 1.29 is 0 Å². The molecule has 0 spiro atoms. The Labute approximate surface area is 151 Å². The number of fused-ring (bicyclic) bond motifs is 1. The standard InChI is InChI=1S/C22H29N3/c1-2-17-8-6-7-11-19(17)15-25-13-12-21-20(16-25)14-23-22(24-21)18-9-4-3-5-10-18/h6-8,11,14,18H,2-5,9-10,12-13,15-16H2,1H3. The molecular weight excluding hydrogens is 306 g/mol. The number of hydrogen-bond acceptors (Lipinski definition) is 3. The lowest BCUT2D eigenvalue weighted by molar-refractivity contribution is 0.241. The van der Waals surface area contributed by atoms with E-state index < -0.39 is 0 Å². The van der Waals surface area contributed by atoms with Crippen LogP contribution < -0.4 is 0 Å². The van der Waals surface area contributed by atoms with Crippen molar-refractivity contribution in [3.63, 3.8) is 0 Å². The Bertz CT molecular complexity index is 719. The molecule has 1 aromatic carbocycles. The summed E-state index contributed by atoms with van der Waals surface area (Å²) in [5.41, 5.74) is 5.57. The van der Waals surface area contributed by atoms with Crippen LogP contribution in [0.3, 0.4) is 0 Å². The lowest BCUT2D eigenvalue weighted by atomic mass is 9.88. The van der Waals surface area contributed by atoms with E-state index in [0.717, 1.165) is 38.3 Å². The van der Waals surface area contributed by atoms with Gasteiger partial charge in [-0.2, -0.15) is 0 Å². The van der Waals surface area contributed by atoms with Crippen molar-refractivity contribution >= 4 is 0 Å². The fourth-order valence-electron chi connectivity index (χ4n) is 4.38. The molecule has 0 N–H and O–H groups in total. The smallest absolute Gasteiger partial charge is 0.131 e. The quantitative estimate of drug-likeness (QED) is 0.815. The SMILES string of the molecule is CCc1ccccc1CN1CCc2nc(C3CCCCC3)ncc2C1. The summed E-state index contributed by atoms with van der Waals surface area (Å²) < 4.78 is 0. The highest BCUT2D eigenvalue weighted by Crippen LogP contribution is 2.31. The van der Waals surface area contributed by atoms with Gasteiger partial charge in [0.05, 0.1) is 0 Å². The van der Waals surface area contributed by atoms with Gasteiger partial charge in [0.25, 0.3) is 0 Å². The Kier molecular flexibility index (Phi) is 5.12. The molecule has 0 bridgehead atoms. The summed E-state index contributed by atoms with van der Waals surface area (Å²) in [6, 6.07) is 8.84. The normalized spacial score (nSPS) is 18.9. The van der Waals surface area contributed by atoms with Crippen LogP contribution in [0.2, 0.25) is 0 Å². The molecule has 3 nitrogen and oxygen atoms in total. The molecule has 1 aliphatic carbocycles. The second kappa shape index (κ2) is 7.65. The van der Waals surface area contributed by atoms with Crippen LogP contribution >= 0.6 is 0 Å². The molecule has 0 saturated heterocycles. The number of benzene rings is 1. The van der Waals surface area contributed by atoms with Crippen molar-refractivity contribution in [1.29, 1.82) is 0 Å². The first kappa shape index (κ1) is 16.7. The topological polar surface area (TPSA) is 29.0 Å². The fraction of sp³-hybridized carbons (Fsp3) is 0.545. The fourth-order valence-corrected chi connectivity index (χ4v) is 4.38. The van der Waals surface area contributed by atoms with Gasteiger partial charge < -0.3 is 0 Å². The number of hydrogen-bond donors (Lipinski definition) is 0. The van der Waals surface area contributed by atoms with Crippen LogP contribution in [0.5, 0.6) is 0 Å². The Hall–Kier alpha value is -1.74. The lowest BCUT2D eigenvalue weighted by Crippen LogP contribution is -2.31. The zero-order chi connectivity index (χ0) is 17.1. The van der Waals surface area contributed by atoms with Gasteiger partial charge in [0.1, 0.15) is 5.82 Å². The van der Waals surface area contributed by atoms with Crippen LogP contribution in [0.4, 0.5) is 0 Å². The van der Waals surface area contributed by atoms with Crippen LogP contribution in [-0.2, 0) is 25.9 Å². The molecule has 4 rings (SSSR count). The van der Waals surface area contributed by atoms with Crippen molar-refractivity contribution in [2.24, 2.45) is 0 Å². The highest BCUT2D eigenvalue weighted by molar-refractivity contribution is 5.28. The average Bonchev–Trinajstić information content (AvgIpc) is 2.68. The zero-order valence-electron chi connectivity index (χ0n) is 15.4. The third-order valence-corrected chi connectivity index (χ3v) is 5.90. The third kappa shape index (κ3) is 3.77. The first-order valence-electron chi connectivity index (χ1n) is 9.97. The van der Waals surface area contributed by atoms with E-state index in [1.165, 1.54) is 54.5 Å². The number of rotatable bonds is 4. The molecule has 0 unspecified atom stereocenters. The number of nitrogens with zero attached hydrogens (tertiary/aromatic N) is 3. The van der Waals surface area contributed by atoms with Gasteiger partial charge in [-0.1, -0.05) is 50.5 Å². The largest absolute Gasteiger partial charge is 0.294 e. The van der Waals surface area contributed by atoms with Crippen molar-refractivity contribution in [3.05, 3.63) is 58.7 Å². The molecule has 132 valence electrons. The summed E-state index contributed by atoms with van der Waals surface area (Å²) in [5, 5.41) is 0. The van der Waals surface area contributed by atoms with Gasteiger partial charge in [-0.25, -0.2) is 9.97 Å². The molecule has 1 aliphatic heterocycles. The van der Waals surface area contributed by atoms with Crippen molar-refractivity contribution in [3.8, 4) is 0 Å². The maximum Gasteiger partial charge on any atom is 0.131 e. The summed E-state index contributed by atoms with van der Waals surface area (Å²) in [6.45, 7) is 5.36. The molecule has 2 aliphatic rings. The summed E-state index contributed by atoms with van der Waals surface area (Å²) in [6.07, 6.45) is 10.9. The Balaban J connectivity index is 1.46. The minimum atomic E-state index is 0.605. The van der Waals surface area contributed by atoms with E-state index >= 15 is 0 Å². The van der Waals surface area contributed by atoms with Crippen molar-refractivity contribution in [2.45, 2.75) is 70.9 Å². The molecular formula is C22H29N3. The van der Waals surface area contributed by atoms with Crippen LogP contribution in [0.1, 0.15) is 73.2 Å². The molecule has 3 heteroatoms. The van der Waals surface area contributed by atoms with E-state index in [9.17, 15) is 0 Å². The molecule has 1 aromatic heterocycles. The summed E-state index contributed by atoms with van der Waals surface area (Å²) in [7, 11) is 0. The molecule has 2 aromatic rings. The Morgan fingerprint density at radius 3 is 2.68 bits per heavy atom. The highest BCUT2D eigenvalue weighted by atomic mass is 15.1. The van der Waals surface area contributed by atoms with Gasteiger partial charge in [-0.3, -0.25) is 4.90 Å². The van der Waals surface area contributed by atoms with E-state index in [2.05, 4.69) is 42.3 Å². The Morgan fingerprint density at radius 2 is 1.88 bits per heavy atom. The maximum atomic E-state index is 4.97. The predicted octanol–water partition coefficient (Wildman–Crippen LogP) is 4.65. The minimum Gasteiger partial charge on any atom is -0.294 e. The highest BCUT2D eigenvalue weighted by Gasteiger charge is 2.23. The van der Waals surface area contributed by atoms with Gasteiger partial charge in [-0.15, -0.1) is 0 Å². The molecule has 0 amide bonds. The van der Waals surface area contributed by atoms with Crippen LogP contribution in [-0.4, -0.2) is 21.4 Å². The second-order valence-electron chi connectivity index (χ2n) is 7.62. The average molecular weight is 335 g/mol. The van der Waals surface area contributed by atoms with E-state index in [1.54, 1.807) is 0 Å². The summed E-state index contributed by atoms with van der Waals surface area (Å²) in [5.74, 6) is 1.72. The van der Waals surface area contributed by atoms with E-state index in [4.69, 9.17) is 9.97 Å². The Morgan fingerprint density at radius 1 is 1.08 bits per heavy atom. The van der Waals surface area contributed by atoms with Crippen molar-refractivity contribution in [2.75, 3.05) is 6.54 Å². The minimum absolute atomic E-state index is 0.605. The number of aryl methyl sites for hydroxylation is 1. The first-order valence-corrected chi connectivity index (χ1v) is 9.97. The molecule has 25 heavy (non-hydrogen) atoms. The summed E-state index contributed by atoms with van der Waals surface area (Å²) in [4.78, 5) is 12.3. The third-order valence-electron chi connectivity index (χ3n) is 5.90. The maximum absolute atomic E-state index is 4.97. The van der Waals surface area contributed by atoms with E-state index in [1.807, 2.05) is 0 Å². The van der Waals surface area contributed by atoms with Gasteiger partial charge in [0.15, 0.2) is 0 Å². The van der Waals surface area contributed by atoms with E-state index in [0.29, 0.717) is 5.92 Å². The number of aromatic nitrogens is 2. The van der Waals surface area contributed by atoms with Gasteiger partial charge in [0.2, 0.25) is 0 Å². The van der Waals surface area contributed by atoms with Crippen LogP contribution in [0.25, 0.3) is 0 Å². The van der Waals surface area contributed by atoms with Gasteiger partial charge >= 0.3 is 0 Å². The first-order chi connectivity index (χ1) is 12.3. The molecule has 0 atom stereocenters. The zero-order valence-corrected chi connectivity index (χ0v) is 15.4. The molecule has 2 heterocycles. The van der Waals surface area contributed by atoms with Gasteiger partial charge in [0, 0.05) is 49.4 Å².